The Kier molecular flexibility index (Phi) is 3.10. The Morgan fingerprint density at radius 2 is 2.24 bits per heavy atom. The smallest absolute Gasteiger partial charge is 0.358 e. The number of nitrogens with zero attached hydrogens (tertiary/aromatic N) is 3. The lowest BCUT2D eigenvalue weighted by atomic mass is 10.2. The summed E-state index contributed by atoms with van der Waals surface area (Å²) < 4.78 is 6.29. The van der Waals surface area contributed by atoms with Gasteiger partial charge in [-0.1, -0.05) is 11.6 Å². The van der Waals surface area contributed by atoms with Crippen LogP contribution >= 0.6 is 11.6 Å². The highest BCUT2D eigenvalue weighted by Gasteiger charge is 2.11. The van der Waals surface area contributed by atoms with Crippen LogP contribution in [0.3, 0.4) is 0 Å². The predicted molar refractivity (Wildman–Crippen MR) is 62.4 cm³/mol. The maximum absolute atomic E-state index is 11.3. The number of aromatic nitrogens is 3. The number of imidazole rings is 1. The van der Waals surface area contributed by atoms with E-state index in [0.717, 1.165) is 11.3 Å². The summed E-state index contributed by atoms with van der Waals surface area (Å²) in [5, 5.41) is 0.388. The first kappa shape index (κ1) is 11.6. The number of esters is 1. The fourth-order valence-corrected chi connectivity index (χ4v) is 1.58. The number of carbonyl (C=O) groups is 1. The molecule has 5 nitrogen and oxygen atoms in total. The van der Waals surface area contributed by atoms with Gasteiger partial charge in [0.1, 0.15) is 11.5 Å². The Bertz CT molecular complexity index is 566. The Balaban J connectivity index is 2.43. The highest BCUT2D eigenvalue weighted by molar-refractivity contribution is 6.29. The molecular weight excluding hydrogens is 242 g/mol. The number of ether oxygens (including phenoxy) is 1. The van der Waals surface area contributed by atoms with Gasteiger partial charge < -0.3 is 9.30 Å². The molecule has 0 aromatic carbocycles. The summed E-state index contributed by atoms with van der Waals surface area (Å²) in [7, 11) is 1.32. The molecule has 0 aliphatic carbocycles. The molecule has 0 amide bonds. The Labute approximate surface area is 103 Å². The number of carbonyl (C=O) groups excluding carboxylic acids is 1. The lowest BCUT2D eigenvalue weighted by Crippen LogP contribution is -2.01. The minimum absolute atomic E-state index is 0.250. The van der Waals surface area contributed by atoms with Crippen LogP contribution in [0.2, 0.25) is 5.15 Å². The second-order valence-electron chi connectivity index (χ2n) is 3.45. The van der Waals surface area contributed by atoms with Crippen LogP contribution in [-0.2, 0) is 4.74 Å². The molecule has 88 valence electrons. The molecule has 0 saturated carbocycles. The van der Waals surface area contributed by atoms with Crippen molar-refractivity contribution in [3.8, 4) is 5.69 Å². The normalized spacial score (nSPS) is 10.3. The van der Waals surface area contributed by atoms with Crippen molar-refractivity contribution in [2.24, 2.45) is 0 Å². The highest BCUT2D eigenvalue weighted by Crippen LogP contribution is 2.17. The van der Waals surface area contributed by atoms with Gasteiger partial charge >= 0.3 is 5.97 Å². The Morgan fingerprint density at radius 1 is 1.47 bits per heavy atom. The average Bonchev–Trinajstić information content (AvgIpc) is 2.80. The van der Waals surface area contributed by atoms with Crippen molar-refractivity contribution < 1.29 is 9.53 Å². The van der Waals surface area contributed by atoms with Gasteiger partial charge in [0.05, 0.1) is 12.8 Å². The molecule has 2 rings (SSSR count). The van der Waals surface area contributed by atoms with Crippen molar-refractivity contribution in [3.05, 3.63) is 41.2 Å². The molecule has 0 atom stereocenters. The van der Waals surface area contributed by atoms with E-state index in [-0.39, 0.29) is 5.69 Å². The standard InChI is InChI=1S/C11H10ClN3O2/c1-7-4-13-10(12)3-9(7)15-5-8(14-6-15)11(16)17-2/h3-6H,1-2H3. The second-order valence-corrected chi connectivity index (χ2v) is 3.84. The van der Waals surface area contributed by atoms with Crippen molar-refractivity contribution in [2.45, 2.75) is 6.92 Å². The van der Waals surface area contributed by atoms with Crippen LogP contribution in [0.4, 0.5) is 0 Å². The average molecular weight is 252 g/mol. The highest BCUT2D eigenvalue weighted by atomic mass is 35.5. The lowest BCUT2D eigenvalue weighted by Gasteiger charge is -2.05. The van der Waals surface area contributed by atoms with Gasteiger partial charge in [0.25, 0.3) is 0 Å². The molecule has 2 aromatic heterocycles. The van der Waals surface area contributed by atoms with E-state index in [9.17, 15) is 4.79 Å². The molecule has 0 fully saturated rings. The van der Waals surface area contributed by atoms with Gasteiger partial charge in [-0.05, 0) is 18.6 Å². The van der Waals surface area contributed by atoms with E-state index >= 15 is 0 Å². The van der Waals surface area contributed by atoms with Gasteiger partial charge in [0.2, 0.25) is 0 Å². The molecular formula is C11H10ClN3O2. The van der Waals surface area contributed by atoms with Crippen LogP contribution in [0.25, 0.3) is 5.69 Å². The number of hydrogen-bond acceptors (Lipinski definition) is 4. The zero-order valence-corrected chi connectivity index (χ0v) is 10.1. The molecule has 0 saturated heterocycles. The van der Waals surface area contributed by atoms with Crippen LogP contribution in [-0.4, -0.2) is 27.6 Å². The summed E-state index contributed by atoms with van der Waals surface area (Å²) in [6.07, 6.45) is 4.78. The van der Waals surface area contributed by atoms with Gasteiger partial charge in [-0.3, -0.25) is 0 Å². The molecule has 0 unspecified atom stereocenters. The van der Waals surface area contributed by atoms with Crippen molar-refractivity contribution in [2.75, 3.05) is 7.11 Å². The van der Waals surface area contributed by atoms with Crippen molar-refractivity contribution in [1.82, 2.24) is 14.5 Å². The number of hydrogen-bond donors (Lipinski definition) is 0. The van der Waals surface area contributed by atoms with E-state index in [1.807, 2.05) is 6.92 Å². The molecule has 0 aliphatic heterocycles. The number of rotatable bonds is 2. The van der Waals surface area contributed by atoms with Gasteiger partial charge in [-0.2, -0.15) is 0 Å². The van der Waals surface area contributed by atoms with Crippen LogP contribution in [0.15, 0.2) is 24.8 Å². The Morgan fingerprint density at radius 3 is 2.94 bits per heavy atom. The van der Waals surface area contributed by atoms with E-state index in [2.05, 4.69) is 14.7 Å². The van der Waals surface area contributed by atoms with Gasteiger partial charge in [0.15, 0.2) is 5.69 Å². The van der Waals surface area contributed by atoms with Crippen LogP contribution in [0.1, 0.15) is 16.1 Å². The second kappa shape index (κ2) is 4.55. The zero-order valence-electron chi connectivity index (χ0n) is 9.35. The summed E-state index contributed by atoms with van der Waals surface area (Å²) in [5.41, 5.74) is 2.01. The molecule has 6 heteroatoms. The number of methoxy groups -OCH3 is 1. The van der Waals surface area contributed by atoms with Crippen molar-refractivity contribution in [3.63, 3.8) is 0 Å². The van der Waals surface area contributed by atoms with Gasteiger partial charge in [-0.15, -0.1) is 0 Å². The molecule has 17 heavy (non-hydrogen) atoms. The molecule has 0 bridgehead atoms. The third kappa shape index (κ3) is 2.29. The Hall–Kier alpha value is -1.88. The third-order valence-corrected chi connectivity index (χ3v) is 2.50. The first-order valence-corrected chi connectivity index (χ1v) is 5.24. The monoisotopic (exact) mass is 251 g/mol. The molecule has 0 radical (unpaired) electrons. The fourth-order valence-electron chi connectivity index (χ4n) is 1.43. The first-order valence-electron chi connectivity index (χ1n) is 4.86. The van der Waals surface area contributed by atoms with Gasteiger partial charge in [-0.25, -0.2) is 14.8 Å². The molecule has 2 aromatic rings. The van der Waals surface area contributed by atoms with Crippen molar-refractivity contribution >= 4 is 17.6 Å². The quantitative estimate of drug-likeness (QED) is 0.605. The molecule has 0 aliphatic rings. The summed E-state index contributed by atoms with van der Waals surface area (Å²) in [6.45, 7) is 1.90. The molecule has 0 spiro atoms. The number of pyridine rings is 1. The summed E-state index contributed by atoms with van der Waals surface area (Å²) in [5.74, 6) is -0.471. The maximum Gasteiger partial charge on any atom is 0.358 e. The summed E-state index contributed by atoms with van der Waals surface area (Å²) in [4.78, 5) is 19.2. The lowest BCUT2D eigenvalue weighted by molar-refractivity contribution is 0.0594. The summed E-state index contributed by atoms with van der Waals surface area (Å²) >= 11 is 5.83. The largest absolute Gasteiger partial charge is 0.464 e. The van der Waals surface area contributed by atoms with E-state index in [0.29, 0.717) is 5.15 Å². The van der Waals surface area contributed by atoms with E-state index in [4.69, 9.17) is 11.6 Å². The zero-order chi connectivity index (χ0) is 12.4. The minimum Gasteiger partial charge on any atom is -0.464 e. The van der Waals surface area contributed by atoms with Crippen molar-refractivity contribution in [1.29, 1.82) is 0 Å². The fraction of sp³-hybridized carbons (Fsp3) is 0.182. The summed E-state index contributed by atoms with van der Waals surface area (Å²) in [6, 6.07) is 1.71. The molecule has 0 N–H and O–H groups in total. The van der Waals surface area contributed by atoms with Crippen LogP contribution < -0.4 is 0 Å². The maximum atomic E-state index is 11.3. The van der Waals surface area contributed by atoms with E-state index < -0.39 is 5.97 Å². The number of halogens is 1. The molecule has 2 heterocycles. The van der Waals surface area contributed by atoms with Crippen LogP contribution in [0.5, 0.6) is 0 Å². The first-order chi connectivity index (χ1) is 8.11. The van der Waals surface area contributed by atoms with E-state index in [1.54, 1.807) is 23.0 Å². The third-order valence-electron chi connectivity index (χ3n) is 2.30. The minimum atomic E-state index is -0.471. The van der Waals surface area contributed by atoms with E-state index in [1.165, 1.54) is 13.4 Å². The van der Waals surface area contributed by atoms with Gasteiger partial charge in [0, 0.05) is 12.4 Å². The van der Waals surface area contributed by atoms with Crippen LogP contribution in [0, 0.1) is 6.92 Å². The topological polar surface area (TPSA) is 57.0 Å². The predicted octanol–water partition coefficient (Wildman–Crippen LogP) is 2.02. The SMILES string of the molecule is COC(=O)c1cn(-c2cc(Cl)ncc2C)cn1. The number of aryl methyl sites for hydroxylation is 1.